The first-order valence-electron chi connectivity index (χ1n) is 7.49. The molecule has 0 spiro atoms. The van der Waals surface area contributed by atoms with Gasteiger partial charge in [0, 0.05) is 19.3 Å². The monoisotopic (exact) mass is 269 g/mol. The molecule has 1 aliphatic rings. The van der Waals surface area contributed by atoms with Crippen LogP contribution < -0.4 is 9.64 Å². The van der Waals surface area contributed by atoms with E-state index in [0.717, 1.165) is 30.8 Å². The highest BCUT2D eigenvalue weighted by atomic mass is 16.5. The predicted octanol–water partition coefficient (Wildman–Crippen LogP) is 3.08. The molecule has 3 rings (SSSR count). The van der Waals surface area contributed by atoms with Crippen molar-refractivity contribution in [1.29, 1.82) is 0 Å². The van der Waals surface area contributed by atoms with Gasteiger partial charge >= 0.3 is 0 Å². The maximum Gasteiger partial charge on any atom is 0.128 e. The average molecular weight is 269 g/mol. The molecule has 0 radical (unpaired) electrons. The Bertz CT molecular complexity index is 627. The summed E-state index contributed by atoms with van der Waals surface area (Å²) in [6, 6.07) is 10.9. The minimum Gasteiger partial charge on any atom is -0.496 e. The lowest BCUT2D eigenvalue weighted by atomic mass is 9.87. The second-order valence-corrected chi connectivity index (χ2v) is 5.22. The number of anilines is 1. The second-order valence-electron chi connectivity index (χ2n) is 5.22. The number of benzene rings is 1. The molecule has 1 unspecified atom stereocenters. The third kappa shape index (κ3) is 2.36. The number of hydrogen-bond donors (Lipinski definition) is 0. The highest BCUT2D eigenvalue weighted by molar-refractivity contribution is 5.45. The Morgan fingerprint density at radius 3 is 3.00 bits per heavy atom. The van der Waals surface area contributed by atoms with Gasteiger partial charge in [0.25, 0.3) is 0 Å². The van der Waals surface area contributed by atoms with Crippen LogP contribution in [0.1, 0.15) is 18.9 Å². The Balaban J connectivity index is 1.81. The molecule has 1 aromatic heterocycles. The number of aromatic nitrogens is 1. The van der Waals surface area contributed by atoms with Gasteiger partial charge in [-0.15, -0.1) is 0 Å². The highest BCUT2D eigenvalue weighted by Gasteiger charge is 2.24. The molecule has 0 N–H and O–H groups in total. The Morgan fingerprint density at radius 1 is 1.35 bits per heavy atom. The quantitative estimate of drug-likeness (QED) is 0.856. The van der Waals surface area contributed by atoms with Crippen LogP contribution in [0.2, 0.25) is 0 Å². The maximum absolute atomic E-state index is 7.52. The molecule has 1 aliphatic carbocycles. The first-order chi connectivity index (χ1) is 10.2. The Kier molecular flexibility index (Phi) is 3.26. The third-order valence-corrected chi connectivity index (χ3v) is 4.14. The van der Waals surface area contributed by atoms with Crippen molar-refractivity contribution in [2.75, 3.05) is 19.1 Å². The lowest BCUT2D eigenvalue weighted by Gasteiger charge is -2.33. The van der Waals surface area contributed by atoms with Gasteiger partial charge in [-0.05, 0) is 48.6 Å². The van der Waals surface area contributed by atoms with Crippen molar-refractivity contribution < 1.29 is 6.11 Å². The molecule has 0 bridgehead atoms. The number of nitrogens with zero attached hydrogens (tertiary/aromatic N) is 2. The SMILES string of the molecule is [2H]c1ccc(N(C)C2CCc3c(cccc3OC)C2)nc1. The molecule has 104 valence electrons. The molecular formula is C17H20N2O. The van der Waals surface area contributed by atoms with Gasteiger partial charge in [0.05, 0.1) is 8.48 Å². The van der Waals surface area contributed by atoms with Gasteiger partial charge in [-0.25, -0.2) is 4.98 Å². The van der Waals surface area contributed by atoms with E-state index in [1.165, 1.54) is 11.1 Å². The molecule has 0 saturated carbocycles. The summed E-state index contributed by atoms with van der Waals surface area (Å²) >= 11 is 0. The minimum absolute atomic E-state index is 0.439. The zero-order chi connectivity index (χ0) is 14.8. The van der Waals surface area contributed by atoms with Crippen molar-refractivity contribution >= 4 is 5.82 Å². The van der Waals surface area contributed by atoms with Gasteiger partial charge in [-0.1, -0.05) is 18.2 Å². The van der Waals surface area contributed by atoms with E-state index in [1.54, 1.807) is 19.4 Å². The minimum atomic E-state index is 0.439. The first-order valence-corrected chi connectivity index (χ1v) is 6.99. The fourth-order valence-electron chi connectivity index (χ4n) is 2.98. The van der Waals surface area contributed by atoms with Crippen LogP contribution in [0.15, 0.2) is 42.6 Å². The van der Waals surface area contributed by atoms with Crippen molar-refractivity contribution in [1.82, 2.24) is 4.98 Å². The van der Waals surface area contributed by atoms with Crippen molar-refractivity contribution in [2.45, 2.75) is 25.3 Å². The zero-order valence-corrected chi connectivity index (χ0v) is 12.0. The Morgan fingerprint density at radius 2 is 2.25 bits per heavy atom. The van der Waals surface area contributed by atoms with Crippen LogP contribution in [0.3, 0.4) is 0 Å². The van der Waals surface area contributed by atoms with E-state index < -0.39 is 0 Å². The van der Waals surface area contributed by atoms with Crippen LogP contribution >= 0.6 is 0 Å². The summed E-state index contributed by atoms with van der Waals surface area (Å²) in [6.07, 6.45) is 4.73. The number of likely N-dealkylation sites (N-methyl/N-ethyl adjacent to an activating group) is 1. The van der Waals surface area contributed by atoms with Crippen molar-refractivity contribution in [3.8, 4) is 5.75 Å². The van der Waals surface area contributed by atoms with Gasteiger partial charge in [0.1, 0.15) is 11.6 Å². The maximum atomic E-state index is 7.52. The molecule has 1 aromatic carbocycles. The van der Waals surface area contributed by atoms with E-state index in [2.05, 4.69) is 29.1 Å². The number of rotatable bonds is 3. The topological polar surface area (TPSA) is 25.4 Å². The van der Waals surface area contributed by atoms with E-state index in [0.29, 0.717) is 12.1 Å². The lowest BCUT2D eigenvalue weighted by Crippen LogP contribution is -2.37. The van der Waals surface area contributed by atoms with Gasteiger partial charge in [0.15, 0.2) is 0 Å². The largest absolute Gasteiger partial charge is 0.496 e. The van der Waals surface area contributed by atoms with Crippen LogP contribution in [-0.4, -0.2) is 25.2 Å². The smallest absolute Gasteiger partial charge is 0.128 e. The Hall–Kier alpha value is -2.03. The van der Waals surface area contributed by atoms with Gasteiger partial charge < -0.3 is 9.64 Å². The summed E-state index contributed by atoms with van der Waals surface area (Å²) in [7, 11) is 3.82. The summed E-state index contributed by atoms with van der Waals surface area (Å²) in [5.74, 6) is 1.94. The van der Waals surface area contributed by atoms with Gasteiger partial charge in [0.2, 0.25) is 0 Å². The van der Waals surface area contributed by atoms with Crippen LogP contribution in [0.4, 0.5) is 5.82 Å². The molecule has 1 atom stereocenters. The summed E-state index contributed by atoms with van der Waals surface area (Å²) < 4.78 is 13.0. The van der Waals surface area contributed by atoms with E-state index >= 15 is 0 Å². The van der Waals surface area contributed by atoms with E-state index in [4.69, 9.17) is 6.11 Å². The molecule has 20 heavy (non-hydrogen) atoms. The van der Waals surface area contributed by atoms with Crippen molar-refractivity contribution in [3.05, 3.63) is 53.7 Å². The fraction of sp³-hybridized carbons (Fsp3) is 0.353. The third-order valence-electron chi connectivity index (χ3n) is 4.14. The molecule has 0 saturated heterocycles. The fourth-order valence-corrected chi connectivity index (χ4v) is 2.98. The van der Waals surface area contributed by atoms with Crippen LogP contribution in [-0.2, 0) is 12.8 Å². The number of hydrogen-bond acceptors (Lipinski definition) is 3. The van der Waals surface area contributed by atoms with Gasteiger partial charge in [-0.2, -0.15) is 0 Å². The summed E-state index contributed by atoms with van der Waals surface area (Å²) in [5.41, 5.74) is 2.72. The highest BCUT2D eigenvalue weighted by Crippen LogP contribution is 2.31. The number of methoxy groups -OCH3 is 1. The number of fused-ring (bicyclic) bond motifs is 1. The molecular weight excluding hydrogens is 248 g/mol. The normalized spacial score (nSPS) is 18.1. The summed E-state index contributed by atoms with van der Waals surface area (Å²) in [5, 5.41) is 0. The molecule has 0 fully saturated rings. The molecule has 3 heteroatoms. The Labute approximate surface area is 121 Å². The molecule has 0 amide bonds. The van der Waals surface area contributed by atoms with Gasteiger partial charge in [-0.3, -0.25) is 0 Å². The second kappa shape index (κ2) is 5.53. The van der Waals surface area contributed by atoms with Crippen LogP contribution in [0, 0.1) is 0 Å². The predicted molar refractivity (Wildman–Crippen MR) is 81.4 cm³/mol. The molecule has 2 aromatic rings. The summed E-state index contributed by atoms with van der Waals surface area (Å²) in [4.78, 5) is 6.58. The number of pyridine rings is 1. The molecule has 0 aliphatic heterocycles. The number of ether oxygens (including phenoxy) is 1. The van der Waals surface area contributed by atoms with Crippen LogP contribution in [0.25, 0.3) is 0 Å². The summed E-state index contributed by atoms with van der Waals surface area (Å²) in [6.45, 7) is 0. The van der Waals surface area contributed by atoms with Crippen molar-refractivity contribution in [3.63, 3.8) is 0 Å². The molecule has 3 nitrogen and oxygen atoms in total. The molecule has 1 heterocycles. The standard InChI is InChI=1S/C17H20N2O/c1-19(17-8-3-4-11-18-17)14-9-10-15-13(12-14)6-5-7-16(15)20-2/h3-8,11,14H,9-10,12H2,1-2H3/i4D. The zero-order valence-electron chi connectivity index (χ0n) is 13.0. The van der Waals surface area contributed by atoms with E-state index in [9.17, 15) is 0 Å². The average Bonchev–Trinajstić information content (AvgIpc) is 2.53. The van der Waals surface area contributed by atoms with Crippen LogP contribution in [0.5, 0.6) is 5.75 Å². The first kappa shape index (κ1) is 11.8. The van der Waals surface area contributed by atoms with E-state index in [-0.39, 0.29) is 0 Å². The lowest BCUT2D eigenvalue weighted by molar-refractivity contribution is 0.403. The van der Waals surface area contributed by atoms with E-state index in [1.807, 2.05) is 12.1 Å². The van der Waals surface area contributed by atoms with Crippen molar-refractivity contribution in [2.24, 2.45) is 0 Å².